The maximum atomic E-state index is 5.38. The molecule has 1 heterocycles. The minimum absolute atomic E-state index is 0.618. The molecule has 20 heavy (non-hydrogen) atoms. The first-order valence-electron chi connectivity index (χ1n) is 6.67. The number of nitrogens with zero attached hydrogens (tertiary/aromatic N) is 2. The lowest BCUT2D eigenvalue weighted by Gasteiger charge is -2.02. The molecule has 4 heteroatoms. The van der Waals surface area contributed by atoms with E-state index in [9.17, 15) is 0 Å². The van der Waals surface area contributed by atoms with Gasteiger partial charge in [0.2, 0.25) is 5.88 Å². The first kappa shape index (κ1) is 14.1. The van der Waals surface area contributed by atoms with E-state index in [0.29, 0.717) is 19.1 Å². The minimum Gasteiger partial charge on any atom is -0.494 e. The van der Waals surface area contributed by atoms with Crippen LogP contribution in [0.1, 0.15) is 19.4 Å². The maximum absolute atomic E-state index is 5.38. The molecule has 4 nitrogen and oxygen atoms in total. The number of hydrogen-bond acceptors (Lipinski definition) is 4. The van der Waals surface area contributed by atoms with Gasteiger partial charge in [-0.25, -0.2) is 4.98 Å². The molecule has 0 aliphatic carbocycles. The molecular formula is C16H18N2O2. The second-order valence-corrected chi connectivity index (χ2v) is 4.05. The average Bonchev–Trinajstić information content (AvgIpc) is 2.49. The number of aliphatic imine (C=N–C) groups is 1. The SMILES string of the molecule is CCOc1ccc(N=Cc2ccc(OCC)nc2)cc1. The van der Waals surface area contributed by atoms with Crippen LogP contribution in [0.15, 0.2) is 47.6 Å². The minimum atomic E-state index is 0.618. The fraction of sp³-hybridized carbons (Fsp3) is 0.250. The fourth-order valence-corrected chi connectivity index (χ4v) is 1.65. The fourth-order valence-electron chi connectivity index (χ4n) is 1.65. The molecular weight excluding hydrogens is 252 g/mol. The van der Waals surface area contributed by atoms with E-state index in [1.165, 1.54) is 0 Å². The highest BCUT2D eigenvalue weighted by Gasteiger charge is 1.95. The zero-order valence-electron chi connectivity index (χ0n) is 11.7. The van der Waals surface area contributed by atoms with Gasteiger partial charge in [0.1, 0.15) is 5.75 Å². The number of aromatic nitrogens is 1. The molecule has 1 aromatic carbocycles. The molecule has 0 atom stereocenters. The molecule has 1 aromatic heterocycles. The van der Waals surface area contributed by atoms with Crippen LogP contribution in [0.2, 0.25) is 0 Å². The van der Waals surface area contributed by atoms with Crippen LogP contribution in [-0.4, -0.2) is 24.4 Å². The van der Waals surface area contributed by atoms with Crippen LogP contribution in [0.3, 0.4) is 0 Å². The van der Waals surface area contributed by atoms with Crippen molar-refractivity contribution >= 4 is 11.9 Å². The molecule has 2 rings (SSSR count). The summed E-state index contributed by atoms with van der Waals surface area (Å²) >= 11 is 0. The third-order valence-electron chi connectivity index (χ3n) is 2.56. The molecule has 0 radical (unpaired) electrons. The molecule has 0 fully saturated rings. The summed E-state index contributed by atoms with van der Waals surface area (Å²) in [5.74, 6) is 1.49. The maximum Gasteiger partial charge on any atom is 0.213 e. The Bertz CT molecular complexity index is 496. The molecule has 0 saturated heterocycles. The number of pyridine rings is 1. The smallest absolute Gasteiger partial charge is 0.213 e. The molecule has 0 amide bonds. The number of rotatable bonds is 6. The third kappa shape index (κ3) is 4.09. The quantitative estimate of drug-likeness (QED) is 0.753. The number of benzene rings is 1. The predicted octanol–water partition coefficient (Wildman–Crippen LogP) is 3.63. The Morgan fingerprint density at radius 3 is 2.35 bits per heavy atom. The van der Waals surface area contributed by atoms with Crippen molar-refractivity contribution < 1.29 is 9.47 Å². The van der Waals surface area contributed by atoms with E-state index in [1.54, 1.807) is 12.4 Å². The van der Waals surface area contributed by atoms with Gasteiger partial charge in [-0.3, -0.25) is 4.99 Å². The van der Waals surface area contributed by atoms with Crippen LogP contribution in [0.25, 0.3) is 0 Å². The van der Waals surface area contributed by atoms with Crippen molar-refractivity contribution in [2.24, 2.45) is 4.99 Å². The van der Waals surface area contributed by atoms with Crippen LogP contribution in [0.5, 0.6) is 11.6 Å². The molecule has 0 N–H and O–H groups in total. The van der Waals surface area contributed by atoms with Gasteiger partial charge in [0, 0.05) is 24.0 Å². The number of ether oxygens (including phenoxy) is 2. The van der Waals surface area contributed by atoms with E-state index in [2.05, 4.69) is 9.98 Å². The predicted molar refractivity (Wildman–Crippen MR) is 80.3 cm³/mol. The van der Waals surface area contributed by atoms with E-state index in [0.717, 1.165) is 17.0 Å². The highest BCUT2D eigenvalue weighted by molar-refractivity contribution is 5.81. The zero-order chi connectivity index (χ0) is 14.2. The second-order valence-electron chi connectivity index (χ2n) is 4.05. The van der Waals surface area contributed by atoms with Crippen LogP contribution in [0, 0.1) is 0 Å². The van der Waals surface area contributed by atoms with E-state index in [-0.39, 0.29) is 0 Å². The molecule has 0 aliphatic rings. The van der Waals surface area contributed by atoms with E-state index < -0.39 is 0 Å². The third-order valence-corrected chi connectivity index (χ3v) is 2.56. The lowest BCUT2D eigenvalue weighted by Crippen LogP contribution is -1.94. The molecule has 2 aromatic rings. The van der Waals surface area contributed by atoms with Gasteiger partial charge in [0.15, 0.2) is 0 Å². The van der Waals surface area contributed by atoms with Gasteiger partial charge in [0.25, 0.3) is 0 Å². The summed E-state index contributed by atoms with van der Waals surface area (Å²) < 4.78 is 10.7. The van der Waals surface area contributed by atoms with Gasteiger partial charge in [0.05, 0.1) is 18.9 Å². The summed E-state index contributed by atoms with van der Waals surface area (Å²) in [6.07, 6.45) is 3.52. The molecule has 0 spiro atoms. The van der Waals surface area contributed by atoms with E-state index in [4.69, 9.17) is 9.47 Å². The van der Waals surface area contributed by atoms with Gasteiger partial charge in [-0.2, -0.15) is 0 Å². The molecule has 104 valence electrons. The van der Waals surface area contributed by atoms with Gasteiger partial charge in [-0.15, -0.1) is 0 Å². The van der Waals surface area contributed by atoms with Crippen LogP contribution in [0.4, 0.5) is 5.69 Å². The number of hydrogen-bond donors (Lipinski definition) is 0. The summed E-state index contributed by atoms with van der Waals surface area (Å²) in [5, 5.41) is 0. The summed E-state index contributed by atoms with van der Waals surface area (Å²) in [5.41, 5.74) is 1.81. The highest BCUT2D eigenvalue weighted by atomic mass is 16.5. The standard InChI is InChI=1S/C16H18N2O2/c1-3-19-15-8-6-14(7-9-15)17-11-13-5-10-16(18-12-13)20-4-2/h5-12H,3-4H2,1-2H3. The molecule has 0 aliphatic heterocycles. The highest BCUT2D eigenvalue weighted by Crippen LogP contribution is 2.18. The normalized spacial score (nSPS) is 10.7. The van der Waals surface area contributed by atoms with Crippen LogP contribution in [-0.2, 0) is 0 Å². The Balaban J connectivity index is 2.01. The van der Waals surface area contributed by atoms with Gasteiger partial charge >= 0.3 is 0 Å². The van der Waals surface area contributed by atoms with Crippen molar-refractivity contribution in [1.29, 1.82) is 0 Å². The average molecular weight is 270 g/mol. The Labute approximate surface area is 119 Å². The Kier molecular flexibility index (Phi) is 5.12. The zero-order valence-corrected chi connectivity index (χ0v) is 11.7. The van der Waals surface area contributed by atoms with Crippen LogP contribution < -0.4 is 9.47 Å². The summed E-state index contributed by atoms with van der Waals surface area (Å²) in [6, 6.07) is 11.4. The Morgan fingerprint density at radius 2 is 1.75 bits per heavy atom. The van der Waals surface area contributed by atoms with E-state index >= 15 is 0 Å². The summed E-state index contributed by atoms with van der Waals surface area (Å²) in [7, 11) is 0. The van der Waals surface area contributed by atoms with Crippen molar-refractivity contribution in [2.75, 3.05) is 13.2 Å². The molecule has 0 bridgehead atoms. The Hall–Kier alpha value is -2.36. The second kappa shape index (κ2) is 7.28. The summed E-state index contributed by atoms with van der Waals surface area (Å²) in [4.78, 5) is 8.58. The van der Waals surface area contributed by atoms with Gasteiger partial charge < -0.3 is 9.47 Å². The van der Waals surface area contributed by atoms with Crippen molar-refractivity contribution in [1.82, 2.24) is 4.98 Å². The Morgan fingerprint density at radius 1 is 1.00 bits per heavy atom. The lowest BCUT2D eigenvalue weighted by atomic mass is 10.3. The molecule has 0 saturated carbocycles. The van der Waals surface area contributed by atoms with Crippen LogP contribution >= 0.6 is 0 Å². The van der Waals surface area contributed by atoms with Gasteiger partial charge in [-0.1, -0.05) is 0 Å². The topological polar surface area (TPSA) is 43.7 Å². The first-order valence-corrected chi connectivity index (χ1v) is 6.67. The van der Waals surface area contributed by atoms with E-state index in [1.807, 2.05) is 50.2 Å². The monoisotopic (exact) mass is 270 g/mol. The van der Waals surface area contributed by atoms with Crippen molar-refractivity contribution in [3.05, 3.63) is 48.2 Å². The first-order chi connectivity index (χ1) is 9.81. The largest absolute Gasteiger partial charge is 0.494 e. The van der Waals surface area contributed by atoms with Gasteiger partial charge in [-0.05, 0) is 44.2 Å². The molecule has 0 unspecified atom stereocenters. The van der Waals surface area contributed by atoms with Crippen molar-refractivity contribution in [3.8, 4) is 11.6 Å². The van der Waals surface area contributed by atoms with Crippen molar-refractivity contribution in [3.63, 3.8) is 0 Å². The van der Waals surface area contributed by atoms with Crippen molar-refractivity contribution in [2.45, 2.75) is 13.8 Å². The summed E-state index contributed by atoms with van der Waals surface area (Å²) in [6.45, 7) is 5.18. The lowest BCUT2D eigenvalue weighted by molar-refractivity contribution is 0.327.